The number of carbonyl (C=O) groups is 1. The molecule has 0 saturated carbocycles. The molecule has 0 spiro atoms. The number of ether oxygens (including phenoxy) is 1. The van der Waals surface area contributed by atoms with Crippen LogP contribution < -0.4 is 0 Å². The zero-order valence-corrected chi connectivity index (χ0v) is 15.0. The number of fused-ring (bicyclic) bond motifs is 1. The minimum atomic E-state index is 0.0796. The fourth-order valence-electron chi connectivity index (χ4n) is 3.43. The quantitative estimate of drug-likeness (QED) is 0.698. The minimum absolute atomic E-state index is 0.0796. The normalized spacial score (nSPS) is 17.3. The largest absolute Gasteiger partial charge is 0.380 e. The first kappa shape index (κ1) is 16.2. The summed E-state index contributed by atoms with van der Waals surface area (Å²) >= 11 is 1.70. The Morgan fingerprint density at radius 2 is 2.16 bits per heavy atom. The van der Waals surface area contributed by atoms with E-state index >= 15 is 0 Å². The van der Waals surface area contributed by atoms with Crippen molar-refractivity contribution in [2.75, 3.05) is 13.7 Å². The lowest BCUT2D eigenvalue weighted by Gasteiger charge is -2.23. The van der Waals surface area contributed by atoms with Crippen LogP contribution in [0.4, 0.5) is 0 Å². The molecule has 0 aliphatic carbocycles. The zero-order chi connectivity index (χ0) is 17.2. The minimum Gasteiger partial charge on any atom is -0.380 e. The first-order valence-electron chi connectivity index (χ1n) is 8.50. The van der Waals surface area contributed by atoms with Crippen molar-refractivity contribution in [2.24, 2.45) is 0 Å². The maximum atomic E-state index is 13.1. The Balaban J connectivity index is 1.62. The smallest absolute Gasteiger partial charge is 0.254 e. The summed E-state index contributed by atoms with van der Waals surface area (Å²) in [4.78, 5) is 19.8. The summed E-state index contributed by atoms with van der Waals surface area (Å²) in [5, 5.41) is 1.04. The molecule has 0 N–H and O–H groups in total. The molecule has 1 fully saturated rings. The third-order valence-electron chi connectivity index (χ3n) is 4.59. The molecule has 1 atom stereocenters. The summed E-state index contributed by atoms with van der Waals surface area (Å²) in [6, 6.07) is 16.0. The molecule has 2 heterocycles. The number of benzene rings is 2. The van der Waals surface area contributed by atoms with Gasteiger partial charge in [0, 0.05) is 19.2 Å². The number of carbonyl (C=O) groups excluding carboxylic acids is 1. The van der Waals surface area contributed by atoms with Crippen LogP contribution in [0.1, 0.15) is 39.8 Å². The number of likely N-dealkylation sites (tertiary alicyclic amines) is 1. The van der Waals surface area contributed by atoms with Gasteiger partial charge in [-0.2, -0.15) is 0 Å². The third kappa shape index (κ3) is 3.17. The monoisotopic (exact) mass is 352 g/mol. The summed E-state index contributed by atoms with van der Waals surface area (Å²) in [6.45, 7) is 1.30. The van der Waals surface area contributed by atoms with Crippen molar-refractivity contribution in [2.45, 2.75) is 25.5 Å². The van der Waals surface area contributed by atoms with E-state index in [4.69, 9.17) is 9.72 Å². The van der Waals surface area contributed by atoms with E-state index in [1.807, 2.05) is 47.4 Å². The average molecular weight is 352 g/mol. The summed E-state index contributed by atoms with van der Waals surface area (Å²) in [7, 11) is 1.66. The highest BCUT2D eigenvalue weighted by molar-refractivity contribution is 7.18. The third-order valence-corrected chi connectivity index (χ3v) is 5.73. The molecule has 1 saturated heterocycles. The highest BCUT2D eigenvalue weighted by Gasteiger charge is 2.32. The number of nitrogens with zero attached hydrogens (tertiary/aromatic N) is 2. The molecule has 1 aliphatic rings. The van der Waals surface area contributed by atoms with Gasteiger partial charge in [-0.15, -0.1) is 11.3 Å². The Morgan fingerprint density at radius 1 is 1.28 bits per heavy atom. The van der Waals surface area contributed by atoms with Crippen molar-refractivity contribution in [3.63, 3.8) is 0 Å². The van der Waals surface area contributed by atoms with Gasteiger partial charge in [0.2, 0.25) is 0 Å². The van der Waals surface area contributed by atoms with Crippen molar-refractivity contribution < 1.29 is 9.53 Å². The van der Waals surface area contributed by atoms with Crippen LogP contribution in [-0.4, -0.2) is 29.4 Å². The summed E-state index contributed by atoms with van der Waals surface area (Å²) in [5.41, 5.74) is 2.76. The number of para-hydroxylation sites is 1. The van der Waals surface area contributed by atoms with Crippen LogP contribution in [0.2, 0.25) is 0 Å². The molecule has 3 aromatic rings. The molecule has 128 valence electrons. The van der Waals surface area contributed by atoms with Crippen LogP contribution in [0.5, 0.6) is 0 Å². The Labute approximate surface area is 151 Å². The number of thiazole rings is 1. The predicted octanol–water partition coefficient (Wildman–Crippen LogP) is 4.42. The van der Waals surface area contributed by atoms with E-state index in [9.17, 15) is 4.79 Å². The first-order chi connectivity index (χ1) is 12.3. The molecule has 0 radical (unpaired) electrons. The van der Waals surface area contributed by atoms with Gasteiger partial charge in [0.15, 0.2) is 0 Å². The second kappa shape index (κ2) is 6.94. The molecule has 1 aliphatic heterocycles. The number of amides is 1. The SMILES string of the molecule is COCc1cccc(C(=O)N2CCCC2c2nc3ccccc3s2)c1. The maximum Gasteiger partial charge on any atom is 0.254 e. The van der Waals surface area contributed by atoms with E-state index in [1.165, 1.54) is 4.70 Å². The molecular weight excluding hydrogens is 332 g/mol. The number of aromatic nitrogens is 1. The molecule has 1 unspecified atom stereocenters. The predicted molar refractivity (Wildman–Crippen MR) is 99.8 cm³/mol. The van der Waals surface area contributed by atoms with E-state index in [1.54, 1.807) is 18.4 Å². The van der Waals surface area contributed by atoms with Crippen molar-refractivity contribution in [3.8, 4) is 0 Å². The Kier molecular flexibility index (Phi) is 4.51. The first-order valence-corrected chi connectivity index (χ1v) is 9.32. The molecule has 1 aromatic heterocycles. The van der Waals surface area contributed by atoms with Crippen LogP contribution in [0.3, 0.4) is 0 Å². The highest BCUT2D eigenvalue weighted by Crippen LogP contribution is 2.37. The summed E-state index contributed by atoms with van der Waals surface area (Å²) in [6.07, 6.45) is 1.99. The van der Waals surface area contributed by atoms with Gasteiger partial charge in [-0.05, 0) is 42.7 Å². The summed E-state index contributed by atoms with van der Waals surface area (Å²) < 4.78 is 6.36. The van der Waals surface area contributed by atoms with Crippen LogP contribution in [-0.2, 0) is 11.3 Å². The fourth-order valence-corrected chi connectivity index (χ4v) is 4.54. The van der Waals surface area contributed by atoms with Crippen LogP contribution in [0, 0.1) is 0 Å². The average Bonchev–Trinajstić information content (AvgIpc) is 3.28. The lowest BCUT2D eigenvalue weighted by atomic mass is 10.1. The van der Waals surface area contributed by atoms with Gasteiger partial charge in [0.1, 0.15) is 5.01 Å². The molecule has 25 heavy (non-hydrogen) atoms. The van der Waals surface area contributed by atoms with Crippen molar-refractivity contribution in [1.29, 1.82) is 0 Å². The van der Waals surface area contributed by atoms with Crippen molar-refractivity contribution >= 4 is 27.5 Å². The van der Waals surface area contributed by atoms with Gasteiger partial charge in [-0.3, -0.25) is 4.79 Å². The standard InChI is InChI=1S/C20H20N2O2S/c1-24-13-14-6-4-7-15(12-14)20(23)22-11-5-9-17(22)19-21-16-8-2-3-10-18(16)25-19/h2-4,6-8,10,12,17H,5,9,11,13H2,1H3. The second-order valence-corrected chi connectivity index (χ2v) is 7.37. The maximum absolute atomic E-state index is 13.1. The number of hydrogen-bond acceptors (Lipinski definition) is 4. The Morgan fingerprint density at radius 3 is 3.00 bits per heavy atom. The molecule has 0 bridgehead atoms. The fraction of sp³-hybridized carbons (Fsp3) is 0.300. The van der Waals surface area contributed by atoms with E-state index in [-0.39, 0.29) is 11.9 Å². The Bertz CT molecular complexity index is 872. The van der Waals surface area contributed by atoms with E-state index < -0.39 is 0 Å². The molecular formula is C20H20N2O2S. The lowest BCUT2D eigenvalue weighted by molar-refractivity contribution is 0.0735. The highest BCUT2D eigenvalue weighted by atomic mass is 32.1. The van der Waals surface area contributed by atoms with Crippen LogP contribution >= 0.6 is 11.3 Å². The van der Waals surface area contributed by atoms with Gasteiger partial charge in [-0.1, -0.05) is 24.3 Å². The number of rotatable bonds is 4. The number of hydrogen-bond donors (Lipinski definition) is 0. The molecule has 4 nitrogen and oxygen atoms in total. The lowest BCUT2D eigenvalue weighted by Crippen LogP contribution is -2.30. The van der Waals surface area contributed by atoms with Crippen molar-refractivity contribution in [3.05, 3.63) is 64.7 Å². The van der Waals surface area contributed by atoms with Gasteiger partial charge in [-0.25, -0.2) is 4.98 Å². The van der Waals surface area contributed by atoms with Gasteiger partial charge in [0.25, 0.3) is 5.91 Å². The number of methoxy groups -OCH3 is 1. The van der Waals surface area contributed by atoms with Gasteiger partial charge < -0.3 is 9.64 Å². The second-order valence-electron chi connectivity index (χ2n) is 6.31. The topological polar surface area (TPSA) is 42.4 Å². The molecule has 1 amide bonds. The van der Waals surface area contributed by atoms with E-state index in [2.05, 4.69) is 6.07 Å². The van der Waals surface area contributed by atoms with Gasteiger partial charge >= 0.3 is 0 Å². The molecule has 5 heteroatoms. The molecule has 4 rings (SSSR count). The zero-order valence-electron chi connectivity index (χ0n) is 14.1. The van der Waals surface area contributed by atoms with E-state index in [0.29, 0.717) is 6.61 Å². The van der Waals surface area contributed by atoms with Crippen molar-refractivity contribution in [1.82, 2.24) is 9.88 Å². The van der Waals surface area contributed by atoms with Crippen LogP contribution in [0.15, 0.2) is 48.5 Å². The van der Waals surface area contributed by atoms with E-state index in [0.717, 1.165) is 41.0 Å². The van der Waals surface area contributed by atoms with Gasteiger partial charge in [0.05, 0.1) is 22.9 Å². The molecule has 2 aromatic carbocycles. The Hall–Kier alpha value is -2.24. The summed E-state index contributed by atoms with van der Waals surface area (Å²) in [5.74, 6) is 0.0831. The van der Waals surface area contributed by atoms with Crippen LogP contribution in [0.25, 0.3) is 10.2 Å².